The van der Waals surface area contributed by atoms with Gasteiger partial charge in [0, 0.05) is 5.56 Å². The van der Waals surface area contributed by atoms with E-state index in [4.69, 9.17) is 11.5 Å². The number of hydrogen-bond donors (Lipinski definition) is 2. The second kappa shape index (κ2) is 5.19. The van der Waals surface area contributed by atoms with Crippen molar-refractivity contribution in [1.29, 1.82) is 0 Å². The van der Waals surface area contributed by atoms with Crippen LogP contribution in [0.5, 0.6) is 0 Å². The lowest BCUT2D eigenvalue weighted by Gasteiger charge is -2.13. The summed E-state index contributed by atoms with van der Waals surface area (Å²) in [5.41, 5.74) is 15.8. The summed E-state index contributed by atoms with van der Waals surface area (Å²) in [4.78, 5) is 0. The van der Waals surface area contributed by atoms with E-state index in [1.807, 2.05) is 43.3 Å². The van der Waals surface area contributed by atoms with Crippen LogP contribution in [-0.2, 0) is 11.0 Å². The molecular formula is C14H15N2OP. The van der Waals surface area contributed by atoms with E-state index in [0.29, 0.717) is 16.7 Å². The van der Waals surface area contributed by atoms with Crippen LogP contribution in [0.4, 0.5) is 11.4 Å². The van der Waals surface area contributed by atoms with Crippen molar-refractivity contribution >= 4 is 25.1 Å². The molecular weight excluding hydrogens is 243 g/mol. The number of benzene rings is 2. The number of nitrogens with two attached hydrogens (primary N) is 2. The maximum Gasteiger partial charge on any atom is 0.194 e. The van der Waals surface area contributed by atoms with Crippen LogP contribution in [0.15, 0.2) is 36.4 Å². The highest BCUT2D eigenvalue weighted by molar-refractivity contribution is 7.34. The van der Waals surface area contributed by atoms with Crippen molar-refractivity contribution in [2.24, 2.45) is 0 Å². The molecule has 0 heterocycles. The lowest BCUT2D eigenvalue weighted by molar-refractivity contribution is 0.603. The van der Waals surface area contributed by atoms with Gasteiger partial charge in [0.1, 0.15) is 0 Å². The van der Waals surface area contributed by atoms with E-state index >= 15 is 0 Å². The van der Waals surface area contributed by atoms with Crippen LogP contribution in [0, 0.1) is 0 Å². The van der Waals surface area contributed by atoms with Crippen LogP contribution >= 0.6 is 8.46 Å². The second-order valence-electron chi connectivity index (χ2n) is 4.07. The molecule has 92 valence electrons. The topological polar surface area (TPSA) is 69.1 Å². The number of rotatable bonds is 3. The Morgan fingerprint density at radius 3 is 2.33 bits per heavy atom. The summed E-state index contributed by atoms with van der Waals surface area (Å²) in [7, 11) is -0.0802. The molecule has 0 amide bonds. The molecule has 2 rings (SSSR count). The molecule has 2 aromatic carbocycles. The summed E-state index contributed by atoms with van der Waals surface area (Å²) in [5.74, 6) is 0. The van der Waals surface area contributed by atoms with Gasteiger partial charge < -0.3 is 11.5 Å². The second-order valence-corrected chi connectivity index (χ2v) is 4.70. The number of aryl methyl sites for hydroxylation is 1. The highest BCUT2D eigenvalue weighted by Crippen LogP contribution is 2.32. The molecule has 4 N–H and O–H groups in total. The number of nitrogen functional groups attached to an aromatic ring is 2. The lowest BCUT2D eigenvalue weighted by atomic mass is 9.99. The largest absolute Gasteiger partial charge is 0.397 e. The fraction of sp³-hybridized carbons (Fsp3) is 0.143. The summed E-state index contributed by atoms with van der Waals surface area (Å²) in [5, 5.41) is 0.606. The van der Waals surface area contributed by atoms with Gasteiger partial charge in [0.25, 0.3) is 0 Å². The van der Waals surface area contributed by atoms with E-state index < -0.39 is 0 Å². The Kier molecular flexibility index (Phi) is 3.63. The quantitative estimate of drug-likeness (QED) is 0.656. The summed E-state index contributed by atoms with van der Waals surface area (Å²) in [6.07, 6.45) is 0.773. The molecule has 0 aliphatic carbocycles. The third-order valence-electron chi connectivity index (χ3n) is 3.02. The number of hydrogen-bond acceptors (Lipinski definition) is 3. The summed E-state index contributed by atoms with van der Waals surface area (Å²) >= 11 is 0. The minimum Gasteiger partial charge on any atom is -0.397 e. The smallest absolute Gasteiger partial charge is 0.194 e. The molecule has 0 unspecified atom stereocenters. The summed E-state index contributed by atoms with van der Waals surface area (Å²) in [6, 6.07) is 11.8. The number of anilines is 2. The van der Waals surface area contributed by atoms with E-state index in [-0.39, 0.29) is 8.46 Å². The minimum atomic E-state index is -0.0802. The molecule has 0 bridgehead atoms. The highest BCUT2D eigenvalue weighted by atomic mass is 31.1. The Morgan fingerprint density at radius 1 is 1.11 bits per heavy atom. The molecule has 18 heavy (non-hydrogen) atoms. The van der Waals surface area contributed by atoms with Gasteiger partial charge in [0.2, 0.25) is 0 Å². The van der Waals surface area contributed by atoms with Gasteiger partial charge >= 0.3 is 0 Å². The zero-order chi connectivity index (χ0) is 13.1. The summed E-state index contributed by atoms with van der Waals surface area (Å²) in [6.45, 7) is 2.01. The SMILES string of the molecule is CCc1cc(-c2ccccc2)c(N)c(N)c1P=O. The fourth-order valence-electron chi connectivity index (χ4n) is 2.00. The Hall–Kier alpha value is -1.86. The van der Waals surface area contributed by atoms with Gasteiger partial charge in [-0.15, -0.1) is 0 Å². The van der Waals surface area contributed by atoms with E-state index in [1.165, 1.54) is 0 Å². The Labute approximate surface area is 108 Å². The van der Waals surface area contributed by atoms with Crippen molar-refractivity contribution in [3.05, 3.63) is 42.0 Å². The van der Waals surface area contributed by atoms with Gasteiger partial charge in [-0.05, 0) is 23.6 Å². The molecule has 0 spiro atoms. The van der Waals surface area contributed by atoms with Gasteiger partial charge in [0.15, 0.2) is 8.46 Å². The normalized spacial score (nSPS) is 10.7. The molecule has 2 aromatic rings. The average molecular weight is 258 g/mol. The molecule has 0 saturated heterocycles. The van der Waals surface area contributed by atoms with Crippen LogP contribution in [0.1, 0.15) is 12.5 Å². The van der Waals surface area contributed by atoms with Gasteiger partial charge in [-0.3, -0.25) is 4.57 Å². The predicted molar refractivity (Wildman–Crippen MR) is 77.3 cm³/mol. The molecule has 0 aliphatic rings. The van der Waals surface area contributed by atoms with Crippen molar-refractivity contribution in [2.75, 3.05) is 11.5 Å². The van der Waals surface area contributed by atoms with E-state index in [2.05, 4.69) is 0 Å². The van der Waals surface area contributed by atoms with Crippen molar-refractivity contribution in [2.45, 2.75) is 13.3 Å². The first kappa shape index (κ1) is 12.6. The third kappa shape index (κ3) is 2.09. The molecule has 3 nitrogen and oxygen atoms in total. The van der Waals surface area contributed by atoms with Crippen molar-refractivity contribution in [3.8, 4) is 11.1 Å². The zero-order valence-electron chi connectivity index (χ0n) is 10.2. The van der Waals surface area contributed by atoms with Gasteiger partial charge in [0.05, 0.1) is 16.7 Å². The first-order valence-corrected chi connectivity index (χ1v) is 6.59. The van der Waals surface area contributed by atoms with Crippen molar-refractivity contribution < 1.29 is 4.57 Å². The van der Waals surface area contributed by atoms with Crippen molar-refractivity contribution in [1.82, 2.24) is 0 Å². The summed E-state index contributed by atoms with van der Waals surface area (Å²) < 4.78 is 11.2. The maximum atomic E-state index is 11.2. The Bertz CT molecular complexity index is 582. The molecule has 0 fully saturated rings. The Balaban J connectivity index is 2.70. The molecule has 0 aromatic heterocycles. The van der Waals surface area contributed by atoms with Crippen LogP contribution in [-0.4, -0.2) is 0 Å². The zero-order valence-corrected chi connectivity index (χ0v) is 11.1. The van der Waals surface area contributed by atoms with Crippen LogP contribution in [0.3, 0.4) is 0 Å². The molecule has 0 saturated carbocycles. The first-order chi connectivity index (χ1) is 8.69. The predicted octanol–water partition coefficient (Wildman–Crippen LogP) is 3.00. The van der Waals surface area contributed by atoms with Gasteiger partial charge in [-0.25, -0.2) is 0 Å². The van der Waals surface area contributed by atoms with Gasteiger partial charge in [-0.1, -0.05) is 37.3 Å². The maximum absolute atomic E-state index is 11.2. The molecule has 0 atom stereocenters. The first-order valence-electron chi connectivity index (χ1n) is 5.78. The van der Waals surface area contributed by atoms with E-state index in [1.54, 1.807) is 0 Å². The minimum absolute atomic E-state index is 0.0802. The van der Waals surface area contributed by atoms with E-state index in [9.17, 15) is 4.57 Å². The average Bonchev–Trinajstić information content (AvgIpc) is 2.42. The van der Waals surface area contributed by atoms with E-state index in [0.717, 1.165) is 23.1 Å². The lowest BCUT2D eigenvalue weighted by Crippen LogP contribution is -2.12. The highest BCUT2D eigenvalue weighted by Gasteiger charge is 2.14. The van der Waals surface area contributed by atoms with Crippen molar-refractivity contribution in [3.63, 3.8) is 0 Å². The van der Waals surface area contributed by atoms with Gasteiger partial charge in [-0.2, -0.15) is 0 Å². The fourth-order valence-corrected chi connectivity index (χ4v) is 2.56. The monoisotopic (exact) mass is 258 g/mol. The molecule has 4 heteroatoms. The third-order valence-corrected chi connectivity index (χ3v) is 3.73. The Morgan fingerprint density at radius 2 is 1.78 bits per heavy atom. The van der Waals surface area contributed by atoms with Crippen LogP contribution in [0.2, 0.25) is 0 Å². The molecule has 0 aliphatic heterocycles. The molecule has 0 radical (unpaired) electrons. The van der Waals surface area contributed by atoms with Crippen LogP contribution < -0.4 is 16.8 Å². The standard InChI is InChI=1S/C14H15N2OP/c1-2-9-8-11(10-6-4-3-5-7-10)12(15)13(16)14(9)18-17/h3-8H,2,15-16H2,1H3. The van der Waals surface area contributed by atoms with Crippen LogP contribution in [0.25, 0.3) is 11.1 Å².